The Morgan fingerprint density at radius 3 is 2.77 bits per heavy atom. The lowest BCUT2D eigenvalue weighted by molar-refractivity contribution is -0.138. The fourth-order valence-electron chi connectivity index (χ4n) is 4.31. The van der Waals surface area contributed by atoms with Gasteiger partial charge < -0.3 is 15.5 Å². The van der Waals surface area contributed by atoms with Gasteiger partial charge in [0.05, 0.1) is 6.10 Å². The lowest BCUT2D eigenvalue weighted by Gasteiger charge is -2.38. The highest BCUT2D eigenvalue weighted by Crippen LogP contribution is 2.43. The van der Waals surface area contributed by atoms with Crippen LogP contribution in [0.1, 0.15) is 58.8 Å². The third-order valence-corrected chi connectivity index (χ3v) is 5.83. The number of carboxylic acids is 1. The van der Waals surface area contributed by atoms with E-state index in [0.29, 0.717) is 36.5 Å². The lowest BCUT2D eigenvalue weighted by Crippen LogP contribution is -2.30. The highest BCUT2D eigenvalue weighted by Gasteiger charge is 2.33. The third-order valence-electron chi connectivity index (χ3n) is 5.83. The maximum absolute atomic E-state index is 11.5. The van der Waals surface area contributed by atoms with Crippen molar-refractivity contribution in [3.63, 3.8) is 0 Å². The van der Waals surface area contributed by atoms with Crippen molar-refractivity contribution in [3.8, 4) is 0 Å². The monoisotopic (exact) mass is 363 g/mol. The number of aliphatic hydroxyl groups is 1. The van der Waals surface area contributed by atoms with E-state index < -0.39 is 12.1 Å². The predicted octanol–water partition coefficient (Wildman–Crippen LogP) is 3.29. The fourth-order valence-corrected chi connectivity index (χ4v) is 4.31. The van der Waals surface area contributed by atoms with Gasteiger partial charge in [-0.1, -0.05) is 32.1 Å². The van der Waals surface area contributed by atoms with Crippen LogP contribution in [0.3, 0.4) is 0 Å². The molecule has 0 aromatic rings. The van der Waals surface area contributed by atoms with E-state index in [2.05, 4.69) is 37.4 Å². The first-order chi connectivity index (χ1) is 12.4. The molecule has 3 N–H and O–H groups in total. The molecule has 2 aliphatic carbocycles. The zero-order valence-electron chi connectivity index (χ0n) is 16.0. The molecule has 0 aromatic heterocycles. The summed E-state index contributed by atoms with van der Waals surface area (Å²) >= 11 is 0. The summed E-state index contributed by atoms with van der Waals surface area (Å²) in [4.78, 5) is 21.9. The van der Waals surface area contributed by atoms with E-state index in [-0.39, 0.29) is 18.9 Å². The number of aliphatic hydroxyl groups excluding tert-OH is 1. The van der Waals surface area contributed by atoms with E-state index in [9.17, 15) is 14.7 Å². The van der Waals surface area contributed by atoms with Crippen molar-refractivity contribution in [1.29, 1.82) is 0 Å². The second-order valence-electron chi connectivity index (χ2n) is 8.00. The Morgan fingerprint density at radius 1 is 1.27 bits per heavy atom. The van der Waals surface area contributed by atoms with Gasteiger partial charge in [0.2, 0.25) is 5.91 Å². The predicted molar refractivity (Wildman–Crippen MR) is 102 cm³/mol. The van der Waals surface area contributed by atoms with Gasteiger partial charge in [0.15, 0.2) is 0 Å². The van der Waals surface area contributed by atoms with Crippen molar-refractivity contribution in [2.45, 2.75) is 64.9 Å². The van der Waals surface area contributed by atoms with Gasteiger partial charge in [0, 0.05) is 6.42 Å². The molecule has 5 heteroatoms. The molecule has 0 fully saturated rings. The first-order valence-electron chi connectivity index (χ1n) is 9.93. The van der Waals surface area contributed by atoms with Crippen LogP contribution in [0, 0.1) is 23.7 Å². The Kier molecular flexibility index (Phi) is 7.88. The molecule has 146 valence electrons. The number of amides is 1. The smallest absolute Gasteiger partial charge is 0.322 e. The number of nitrogens with one attached hydrogen (secondary N) is 1. The Labute approximate surface area is 156 Å². The number of carboxylic acid groups (broad SMARTS) is 1. The molecule has 0 heterocycles. The number of rotatable bonds is 9. The highest BCUT2D eigenvalue weighted by atomic mass is 16.4. The van der Waals surface area contributed by atoms with Crippen LogP contribution in [0.2, 0.25) is 0 Å². The van der Waals surface area contributed by atoms with E-state index in [0.717, 1.165) is 12.8 Å². The van der Waals surface area contributed by atoms with Gasteiger partial charge in [-0.05, 0) is 67.8 Å². The Bertz CT molecular complexity index is 554. The second kappa shape index (κ2) is 9.91. The normalized spacial score (nSPS) is 28.8. The zero-order chi connectivity index (χ0) is 19.1. The molecule has 0 aliphatic heterocycles. The minimum Gasteiger partial charge on any atom is -0.480 e. The van der Waals surface area contributed by atoms with Crippen LogP contribution in [0.15, 0.2) is 23.8 Å². The topological polar surface area (TPSA) is 86.6 Å². The summed E-state index contributed by atoms with van der Waals surface area (Å²) in [7, 11) is 0. The van der Waals surface area contributed by atoms with Crippen molar-refractivity contribution in [3.05, 3.63) is 23.8 Å². The van der Waals surface area contributed by atoms with E-state index in [1.807, 2.05) is 0 Å². The van der Waals surface area contributed by atoms with Gasteiger partial charge in [0.25, 0.3) is 0 Å². The van der Waals surface area contributed by atoms with Crippen molar-refractivity contribution in [2.75, 3.05) is 6.54 Å². The molecule has 0 aromatic carbocycles. The van der Waals surface area contributed by atoms with Crippen molar-refractivity contribution in [2.24, 2.45) is 23.7 Å². The molecule has 2 rings (SSSR count). The average molecular weight is 363 g/mol. The number of carbonyl (C=O) groups excluding carboxylic acids is 1. The van der Waals surface area contributed by atoms with Crippen LogP contribution in [0.25, 0.3) is 0 Å². The SMILES string of the molecule is CC1C=CC2=C[C@H](C)CCC2[C@H]1CCC(O)CCCC(=O)NCC(=O)O. The van der Waals surface area contributed by atoms with Gasteiger partial charge in [-0.15, -0.1) is 0 Å². The molecule has 5 nitrogen and oxygen atoms in total. The highest BCUT2D eigenvalue weighted by molar-refractivity contribution is 5.80. The van der Waals surface area contributed by atoms with Crippen LogP contribution in [-0.4, -0.2) is 34.7 Å². The summed E-state index contributed by atoms with van der Waals surface area (Å²) in [5, 5.41) is 21.1. The number of aliphatic carboxylic acids is 1. The minimum atomic E-state index is -1.04. The van der Waals surface area contributed by atoms with Crippen LogP contribution >= 0.6 is 0 Å². The number of hydrogen-bond donors (Lipinski definition) is 3. The quantitative estimate of drug-likeness (QED) is 0.587. The number of allylic oxidation sites excluding steroid dienone is 4. The Hall–Kier alpha value is -1.62. The van der Waals surface area contributed by atoms with Crippen molar-refractivity contribution >= 4 is 11.9 Å². The Balaban J connectivity index is 1.72. The zero-order valence-corrected chi connectivity index (χ0v) is 16.0. The number of carbonyl (C=O) groups is 2. The molecule has 2 aliphatic rings. The summed E-state index contributed by atoms with van der Waals surface area (Å²) in [6, 6.07) is 0. The lowest BCUT2D eigenvalue weighted by atomic mass is 9.66. The van der Waals surface area contributed by atoms with Crippen molar-refractivity contribution in [1.82, 2.24) is 5.32 Å². The number of hydrogen-bond acceptors (Lipinski definition) is 3. The maximum Gasteiger partial charge on any atom is 0.322 e. The van der Waals surface area contributed by atoms with Gasteiger partial charge >= 0.3 is 5.97 Å². The summed E-state index contributed by atoms with van der Waals surface area (Å²) in [6.07, 6.45) is 12.3. The Morgan fingerprint density at radius 2 is 2.04 bits per heavy atom. The van der Waals surface area contributed by atoms with E-state index in [1.165, 1.54) is 18.4 Å². The summed E-state index contributed by atoms with van der Waals surface area (Å²) in [5.41, 5.74) is 1.48. The summed E-state index contributed by atoms with van der Waals surface area (Å²) in [5.74, 6) is 1.11. The molecular weight excluding hydrogens is 330 g/mol. The van der Waals surface area contributed by atoms with E-state index >= 15 is 0 Å². The molecule has 0 spiro atoms. The molecule has 0 saturated carbocycles. The summed E-state index contributed by atoms with van der Waals surface area (Å²) < 4.78 is 0. The first-order valence-corrected chi connectivity index (χ1v) is 9.93. The molecule has 5 atom stereocenters. The van der Waals surface area contributed by atoms with Gasteiger partial charge in [0.1, 0.15) is 6.54 Å². The van der Waals surface area contributed by atoms with Crippen LogP contribution < -0.4 is 5.32 Å². The van der Waals surface area contributed by atoms with E-state index in [4.69, 9.17) is 5.11 Å². The van der Waals surface area contributed by atoms with Crippen molar-refractivity contribution < 1.29 is 19.8 Å². The molecule has 0 bridgehead atoms. The van der Waals surface area contributed by atoms with Gasteiger partial charge in [-0.3, -0.25) is 9.59 Å². The molecule has 3 unspecified atom stereocenters. The van der Waals surface area contributed by atoms with Crippen LogP contribution in [0.5, 0.6) is 0 Å². The largest absolute Gasteiger partial charge is 0.480 e. The molecule has 1 amide bonds. The average Bonchev–Trinajstić information content (AvgIpc) is 2.59. The van der Waals surface area contributed by atoms with Gasteiger partial charge in [-0.25, -0.2) is 0 Å². The van der Waals surface area contributed by atoms with E-state index in [1.54, 1.807) is 0 Å². The first kappa shape index (κ1) is 20.7. The van der Waals surface area contributed by atoms with Crippen LogP contribution in [0.4, 0.5) is 0 Å². The fraction of sp³-hybridized carbons (Fsp3) is 0.714. The molecule has 0 saturated heterocycles. The molecule has 26 heavy (non-hydrogen) atoms. The molecule has 0 radical (unpaired) electrons. The minimum absolute atomic E-state index is 0.264. The summed E-state index contributed by atoms with van der Waals surface area (Å²) in [6.45, 7) is 4.21. The third kappa shape index (κ3) is 6.27. The molecular formula is C21H33NO4. The standard InChI is InChI=1S/C21H33NO4/c1-14-6-10-19-16(12-14)8-7-15(2)18(19)11-9-17(23)4-3-5-20(24)22-13-21(25)26/h7-8,12,14-15,17-19,23H,3-6,9-11,13H2,1-2H3,(H,22,24)(H,25,26)/t14-,15?,17?,18+,19?/m1/s1. The second-order valence-corrected chi connectivity index (χ2v) is 8.00. The van der Waals surface area contributed by atoms with Crippen LogP contribution in [-0.2, 0) is 9.59 Å². The number of fused-ring (bicyclic) bond motifs is 1. The maximum atomic E-state index is 11.5. The van der Waals surface area contributed by atoms with Gasteiger partial charge in [-0.2, -0.15) is 0 Å².